The molecule has 0 saturated carbocycles. The first-order valence-corrected chi connectivity index (χ1v) is 6.23. The molecule has 0 radical (unpaired) electrons. The second-order valence-electron chi connectivity index (χ2n) is 4.31. The number of nitrogens with one attached hydrogen (secondary N) is 2. The Morgan fingerprint density at radius 1 is 1.05 bits per heavy atom. The number of rotatable bonds is 4. The van der Waals surface area contributed by atoms with Crippen molar-refractivity contribution in [1.82, 2.24) is 4.98 Å². The van der Waals surface area contributed by atoms with E-state index in [1.165, 1.54) is 12.3 Å². The number of alkyl halides is 3. The van der Waals surface area contributed by atoms with Crippen LogP contribution in [0.4, 0.5) is 34.6 Å². The molecule has 0 unspecified atom stereocenters. The van der Waals surface area contributed by atoms with Gasteiger partial charge in [0.25, 0.3) is 0 Å². The van der Waals surface area contributed by atoms with E-state index in [2.05, 4.69) is 15.6 Å². The molecule has 112 valence electrons. The lowest BCUT2D eigenvalue weighted by atomic mass is 10.1. The van der Waals surface area contributed by atoms with Crippen LogP contribution in [0.25, 0.3) is 0 Å². The van der Waals surface area contributed by atoms with Gasteiger partial charge in [0.15, 0.2) is 0 Å². The van der Waals surface area contributed by atoms with Gasteiger partial charge in [0.05, 0.1) is 29.3 Å². The molecule has 0 aliphatic carbocycles. The van der Waals surface area contributed by atoms with E-state index in [-0.39, 0.29) is 5.69 Å². The Kier molecular flexibility index (Phi) is 4.30. The molecule has 2 rings (SSSR count). The molecule has 3 nitrogen and oxygen atoms in total. The summed E-state index contributed by atoms with van der Waals surface area (Å²) >= 11 is 0. The third kappa shape index (κ3) is 3.84. The summed E-state index contributed by atoms with van der Waals surface area (Å²) in [5.41, 5.74) is 0.0799. The van der Waals surface area contributed by atoms with Crippen molar-refractivity contribution >= 4 is 17.1 Å². The molecule has 0 atom stereocenters. The SMILES string of the molecule is CCNc1cncc(Nc2ccc(F)c(C(F)(F)F)c2)c1. The molecule has 2 N–H and O–H groups in total. The minimum absolute atomic E-state index is 0.138. The van der Waals surface area contributed by atoms with Gasteiger partial charge in [0, 0.05) is 12.2 Å². The van der Waals surface area contributed by atoms with Crippen molar-refractivity contribution in [2.24, 2.45) is 0 Å². The fraction of sp³-hybridized carbons (Fsp3) is 0.214. The van der Waals surface area contributed by atoms with Crippen LogP contribution in [0.3, 0.4) is 0 Å². The Labute approximate surface area is 119 Å². The quantitative estimate of drug-likeness (QED) is 0.821. The highest BCUT2D eigenvalue weighted by molar-refractivity contribution is 5.63. The van der Waals surface area contributed by atoms with E-state index in [1.807, 2.05) is 6.92 Å². The minimum Gasteiger partial charge on any atom is -0.384 e. The smallest absolute Gasteiger partial charge is 0.384 e. The maximum Gasteiger partial charge on any atom is 0.419 e. The van der Waals surface area contributed by atoms with Crippen LogP contribution in [0.1, 0.15) is 12.5 Å². The van der Waals surface area contributed by atoms with Crippen LogP contribution < -0.4 is 10.6 Å². The van der Waals surface area contributed by atoms with Gasteiger partial charge in [-0.25, -0.2) is 4.39 Å². The molecule has 0 aliphatic rings. The molecule has 1 aromatic carbocycles. The van der Waals surface area contributed by atoms with Gasteiger partial charge in [-0.15, -0.1) is 0 Å². The van der Waals surface area contributed by atoms with Crippen molar-refractivity contribution in [3.8, 4) is 0 Å². The van der Waals surface area contributed by atoms with Gasteiger partial charge < -0.3 is 10.6 Å². The van der Waals surface area contributed by atoms with E-state index >= 15 is 0 Å². The number of aromatic nitrogens is 1. The lowest BCUT2D eigenvalue weighted by Gasteiger charge is -2.12. The normalized spacial score (nSPS) is 11.3. The molecule has 0 saturated heterocycles. The Morgan fingerprint density at radius 3 is 2.43 bits per heavy atom. The van der Waals surface area contributed by atoms with Crippen LogP contribution in [0.15, 0.2) is 36.7 Å². The van der Waals surface area contributed by atoms with Gasteiger partial charge in [0.1, 0.15) is 5.82 Å². The second kappa shape index (κ2) is 5.99. The molecule has 0 bridgehead atoms. The van der Waals surface area contributed by atoms with Crippen LogP contribution in [-0.4, -0.2) is 11.5 Å². The summed E-state index contributed by atoms with van der Waals surface area (Å²) in [6.07, 6.45) is -1.66. The van der Waals surface area contributed by atoms with E-state index < -0.39 is 17.6 Å². The predicted octanol–water partition coefficient (Wildman–Crippen LogP) is 4.41. The van der Waals surface area contributed by atoms with E-state index in [0.29, 0.717) is 12.2 Å². The summed E-state index contributed by atoms with van der Waals surface area (Å²) < 4.78 is 51.1. The summed E-state index contributed by atoms with van der Waals surface area (Å²) in [4.78, 5) is 3.97. The molecular formula is C14H13F4N3. The number of hydrogen-bond acceptors (Lipinski definition) is 3. The maximum absolute atomic E-state index is 13.2. The summed E-state index contributed by atoms with van der Waals surface area (Å²) in [5, 5.41) is 5.81. The first-order valence-electron chi connectivity index (χ1n) is 6.23. The zero-order valence-electron chi connectivity index (χ0n) is 11.1. The molecule has 0 amide bonds. The van der Waals surface area contributed by atoms with Crippen LogP contribution in [0.5, 0.6) is 0 Å². The summed E-state index contributed by atoms with van der Waals surface area (Å²) in [6, 6.07) is 4.46. The summed E-state index contributed by atoms with van der Waals surface area (Å²) in [6.45, 7) is 2.61. The number of anilines is 3. The first-order chi connectivity index (χ1) is 9.90. The van der Waals surface area contributed by atoms with Crippen molar-refractivity contribution < 1.29 is 17.6 Å². The highest BCUT2D eigenvalue weighted by Crippen LogP contribution is 2.33. The fourth-order valence-electron chi connectivity index (χ4n) is 1.80. The molecule has 2 aromatic rings. The van der Waals surface area contributed by atoms with Crippen molar-refractivity contribution in [3.05, 3.63) is 48.0 Å². The van der Waals surface area contributed by atoms with Crippen LogP contribution in [0, 0.1) is 5.82 Å². The average Bonchev–Trinajstić information content (AvgIpc) is 2.40. The van der Waals surface area contributed by atoms with Gasteiger partial charge in [-0.2, -0.15) is 13.2 Å². The topological polar surface area (TPSA) is 37.0 Å². The Balaban J connectivity index is 2.26. The lowest BCUT2D eigenvalue weighted by Crippen LogP contribution is -2.08. The van der Waals surface area contributed by atoms with Crippen molar-refractivity contribution in [1.29, 1.82) is 0 Å². The van der Waals surface area contributed by atoms with E-state index in [4.69, 9.17) is 0 Å². The molecule has 7 heteroatoms. The molecule has 0 spiro atoms. The summed E-state index contributed by atoms with van der Waals surface area (Å²) in [7, 11) is 0. The molecular weight excluding hydrogens is 286 g/mol. The zero-order valence-corrected chi connectivity index (χ0v) is 11.1. The Bertz CT molecular complexity index is 626. The van der Waals surface area contributed by atoms with Crippen molar-refractivity contribution in [2.45, 2.75) is 13.1 Å². The van der Waals surface area contributed by atoms with Crippen molar-refractivity contribution in [2.75, 3.05) is 17.2 Å². The Morgan fingerprint density at radius 2 is 1.76 bits per heavy atom. The third-order valence-electron chi connectivity index (χ3n) is 2.68. The van der Waals surface area contributed by atoms with Crippen molar-refractivity contribution in [3.63, 3.8) is 0 Å². The number of benzene rings is 1. The predicted molar refractivity (Wildman–Crippen MR) is 73.1 cm³/mol. The van der Waals surface area contributed by atoms with Gasteiger partial charge in [-0.1, -0.05) is 0 Å². The molecule has 1 aromatic heterocycles. The minimum atomic E-state index is -4.73. The number of pyridine rings is 1. The Hall–Kier alpha value is -2.31. The van der Waals surface area contributed by atoms with E-state index in [9.17, 15) is 17.6 Å². The average molecular weight is 299 g/mol. The maximum atomic E-state index is 13.2. The molecule has 0 fully saturated rings. The standard InChI is InChI=1S/C14H13F4N3/c1-2-20-10-5-11(8-19-7-10)21-9-3-4-13(15)12(6-9)14(16,17)18/h3-8,20-21H,2H2,1H3. The van der Waals surface area contributed by atoms with Gasteiger partial charge in [0.2, 0.25) is 0 Å². The first kappa shape index (κ1) is 15.1. The second-order valence-corrected chi connectivity index (χ2v) is 4.31. The highest BCUT2D eigenvalue weighted by Gasteiger charge is 2.34. The number of hydrogen-bond donors (Lipinski definition) is 2. The van der Waals surface area contributed by atoms with E-state index in [0.717, 1.165) is 17.8 Å². The summed E-state index contributed by atoms with van der Waals surface area (Å²) in [5.74, 6) is -1.30. The van der Waals surface area contributed by atoms with Gasteiger partial charge in [-0.3, -0.25) is 4.98 Å². The van der Waals surface area contributed by atoms with Gasteiger partial charge in [-0.05, 0) is 31.2 Å². The van der Waals surface area contributed by atoms with E-state index in [1.54, 1.807) is 12.3 Å². The molecule has 0 aliphatic heterocycles. The zero-order chi connectivity index (χ0) is 15.5. The van der Waals surface area contributed by atoms with Crippen LogP contribution in [-0.2, 0) is 6.18 Å². The largest absolute Gasteiger partial charge is 0.419 e. The number of nitrogens with zero attached hydrogens (tertiary/aromatic N) is 1. The lowest BCUT2D eigenvalue weighted by molar-refractivity contribution is -0.139. The fourth-order valence-corrected chi connectivity index (χ4v) is 1.80. The van der Waals surface area contributed by atoms with Gasteiger partial charge >= 0.3 is 6.18 Å². The highest BCUT2D eigenvalue weighted by atomic mass is 19.4. The monoisotopic (exact) mass is 299 g/mol. The van der Waals surface area contributed by atoms with Crippen LogP contribution in [0.2, 0.25) is 0 Å². The molecule has 21 heavy (non-hydrogen) atoms. The number of halogens is 4. The van der Waals surface area contributed by atoms with Crippen LogP contribution >= 0.6 is 0 Å². The third-order valence-corrected chi connectivity index (χ3v) is 2.68. The molecule has 1 heterocycles.